The summed E-state index contributed by atoms with van der Waals surface area (Å²) in [7, 11) is 0. The molecule has 2 bridgehead atoms. The molecule has 2 fully saturated rings. The smallest absolute Gasteiger partial charge is 0.137 e. The summed E-state index contributed by atoms with van der Waals surface area (Å²) in [6.45, 7) is 5.13. The van der Waals surface area contributed by atoms with Crippen molar-refractivity contribution in [2.45, 2.75) is 51.6 Å². The molecule has 1 heterocycles. The summed E-state index contributed by atoms with van der Waals surface area (Å²) in [5.74, 6) is 4.11. The molecule has 0 aliphatic heterocycles. The van der Waals surface area contributed by atoms with E-state index < -0.39 is 0 Å². The van der Waals surface area contributed by atoms with Crippen molar-refractivity contribution in [3.05, 3.63) is 11.6 Å². The predicted molar refractivity (Wildman–Crippen MR) is 62.0 cm³/mol. The highest BCUT2D eigenvalue weighted by atomic mass is 15.3. The van der Waals surface area contributed by atoms with Crippen molar-refractivity contribution in [1.82, 2.24) is 14.8 Å². The minimum Gasteiger partial charge on any atom is -0.327 e. The Morgan fingerprint density at radius 2 is 2.06 bits per heavy atom. The molecule has 0 spiro atoms. The number of nitrogens with two attached hydrogens (primary N) is 1. The highest BCUT2D eigenvalue weighted by Crippen LogP contribution is 2.51. The minimum absolute atomic E-state index is 0.313. The third kappa shape index (κ3) is 1.25. The van der Waals surface area contributed by atoms with Gasteiger partial charge in [-0.15, -0.1) is 10.2 Å². The lowest BCUT2D eigenvalue weighted by Crippen LogP contribution is -2.35. The fraction of sp³-hybridized carbons (Fsp3) is 0.833. The fourth-order valence-corrected chi connectivity index (χ4v) is 3.75. The molecule has 1 aromatic rings. The van der Waals surface area contributed by atoms with E-state index in [0.29, 0.717) is 12.0 Å². The molecule has 2 saturated carbocycles. The van der Waals surface area contributed by atoms with Crippen LogP contribution in [0.2, 0.25) is 0 Å². The van der Waals surface area contributed by atoms with Gasteiger partial charge in [-0.05, 0) is 44.9 Å². The number of hydrogen-bond donors (Lipinski definition) is 1. The SMILES string of the molecule is CCn1c(C)nnc1C1C2CCC(C2)C1N. The Morgan fingerprint density at radius 1 is 1.31 bits per heavy atom. The Kier molecular flexibility index (Phi) is 2.28. The van der Waals surface area contributed by atoms with Crippen LogP contribution in [0.1, 0.15) is 43.8 Å². The second kappa shape index (κ2) is 3.55. The molecule has 16 heavy (non-hydrogen) atoms. The van der Waals surface area contributed by atoms with Crippen LogP contribution in [0.4, 0.5) is 0 Å². The van der Waals surface area contributed by atoms with Gasteiger partial charge in [-0.1, -0.05) is 0 Å². The summed E-state index contributed by atoms with van der Waals surface area (Å²) in [5, 5.41) is 8.58. The van der Waals surface area contributed by atoms with Crippen molar-refractivity contribution in [2.24, 2.45) is 17.6 Å². The van der Waals surface area contributed by atoms with Gasteiger partial charge in [0.15, 0.2) is 0 Å². The van der Waals surface area contributed by atoms with E-state index in [9.17, 15) is 0 Å². The van der Waals surface area contributed by atoms with Crippen molar-refractivity contribution in [2.75, 3.05) is 0 Å². The van der Waals surface area contributed by atoms with Gasteiger partial charge in [0.1, 0.15) is 11.6 Å². The van der Waals surface area contributed by atoms with Gasteiger partial charge in [0, 0.05) is 18.5 Å². The average Bonchev–Trinajstić information content (AvgIpc) is 2.92. The largest absolute Gasteiger partial charge is 0.327 e. The number of aromatic nitrogens is 3. The first kappa shape index (κ1) is 10.3. The Morgan fingerprint density at radius 3 is 2.69 bits per heavy atom. The maximum absolute atomic E-state index is 6.35. The van der Waals surface area contributed by atoms with E-state index >= 15 is 0 Å². The first-order valence-electron chi connectivity index (χ1n) is 6.37. The molecule has 4 nitrogen and oxygen atoms in total. The van der Waals surface area contributed by atoms with E-state index in [-0.39, 0.29) is 0 Å². The topological polar surface area (TPSA) is 56.7 Å². The van der Waals surface area contributed by atoms with Crippen molar-refractivity contribution < 1.29 is 0 Å². The third-order valence-electron chi connectivity index (χ3n) is 4.56. The fourth-order valence-electron chi connectivity index (χ4n) is 3.75. The van der Waals surface area contributed by atoms with Gasteiger partial charge in [0.25, 0.3) is 0 Å². The van der Waals surface area contributed by atoms with Crippen LogP contribution in [0.25, 0.3) is 0 Å². The van der Waals surface area contributed by atoms with Crippen LogP contribution in [0.3, 0.4) is 0 Å². The Hall–Kier alpha value is -0.900. The Labute approximate surface area is 96.2 Å². The third-order valence-corrected chi connectivity index (χ3v) is 4.56. The van der Waals surface area contributed by atoms with E-state index in [1.807, 2.05) is 6.92 Å². The lowest BCUT2D eigenvalue weighted by atomic mass is 9.84. The number of fused-ring (bicyclic) bond motifs is 2. The van der Waals surface area contributed by atoms with E-state index in [1.54, 1.807) is 0 Å². The molecule has 88 valence electrons. The second-order valence-electron chi connectivity index (χ2n) is 5.29. The van der Waals surface area contributed by atoms with Gasteiger partial charge in [-0.3, -0.25) is 0 Å². The monoisotopic (exact) mass is 220 g/mol. The highest BCUT2D eigenvalue weighted by Gasteiger charge is 2.48. The van der Waals surface area contributed by atoms with Gasteiger partial charge in [-0.25, -0.2) is 0 Å². The lowest BCUT2D eigenvalue weighted by Gasteiger charge is -2.27. The molecule has 2 N–H and O–H groups in total. The number of aryl methyl sites for hydroxylation is 1. The molecule has 4 unspecified atom stereocenters. The van der Waals surface area contributed by atoms with Crippen molar-refractivity contribution in [1.29, 1.82) is 0 Å². The van der Waals surface area contributed by atoms with Crippen LogP contribution < -0.4 is 5.73 Å². The second-order valence-corrected chi connectivity index (χ2v) is 5.29. The Bertz CT molecular complexity index is 396. The Balaban J connectivity index is 1.97. The van der Waals surface area contributed by atoms with Crippen LogP contribution in [0, 0.1) is 18.8 Å². The summed E-state index contributed by atoms with van der Waals surface area (Å²) in [6.07, 6.45) is 3.96. The van der Waals surface area contributed by atoms with E-state index in [4.69, 9.17) is 5.73 Å². The van der Waals surface area contributed by atoms with Crippen LogP contribution >= 0.6 is 0 Å². The standard InChI is InChI=1S/C12H20N4/c1-3-16-7(2)14-15-12(16)10-8-4-5-9(6-8)11(10)13/h8-11H,3-6,13H2,1-2H3. The van der Waals surface area contributed by atoms with Crippen molar-refractivity contribution in [3.63, 3.8) is 0 Å². The van der Waals surface area contributed by atoms with Gasteiger partial charge in [-0.2, -0.15) is 0 Å². The van der Waals surface area contributed by atoms with E-state index in [0.717, 1.165) is 30.0 Å². The molecule has 4 atom stereocenters. The molecule has 0 amide bonds. The number of nitrogens with zero attached hydrogens (tertiary/aromatic N) is 3. The lowest BCUT2D eigenvalue weighted by molar-refractivity contribution is 0.345. The number of rotatable bonds is 2. The molecule has 2 aliphatic rings. The maximum Gasteiger partial charge on any atom is 0.137 e. The minimum atomic E-state index is 0.313. The highest BCUT2D eigenvalue weighted by molar-refractivity contribution is 5.14. The molecular weight excluding hydrogens is 200 g/mol. The van der Waals surface area contributed by atoms with Crippen LogP contribution in [0.15, 0.2) is 0 Å². The summed E-state index contributed by atoms with van der Waals surface area (Å²) in [6, 6.07) is 0.313. The van der Waals surface area contributed by atoms with Gasteiger partial charge in [0.05, 0.1) is 0 Å². The zero-order chi connectivity index (χ0) is 11.3. The molecule has 1 aromatic heterocycles. The average molecular weight is 220 g/mol. The first-order valence-corrected chi connectivity index (χ1v) is 6.37. The molecular formula is C12H20N4. The molecule has 0 saturated heterocycles. The van der Waals surface area contributed by atoms with E-state index in [1.165, 1.54) is 19.3 Å². The molecule has 0 aromatic carbocycles. The summed E-state index contributed by atoms with van der Waals surface area (Å²) in [5.41, 5.74) is 6.35. The van der Waals surface area contributed by atoms with Crippen LogP contribution in [-0.2, 0) is 6.54 Å². The maximum atomic E-state index is 6.35. The van der Waals surface area contributed by atoms with Crippen LogP contribution in [-0.4, -0.2) is 20.8 Å². The summed E-state index contributed by atoms with van der Waals surface area (Å²) >= 11 is 0. The number of hydrogen-bond acceptors (Lipinski definition) is 3. The van der Waals surface area contributed by atoms with Gasteiger partial charge >= 0.3 is 0 Å². The quantitative estimate of drug-likeness (QED) is 0.820. The molecule has 0 radical (unpaired) electrons. The van der Waals surface area contributed by atoms with Gasteiger partial charge < -0.3 is 10.3 Å². The van der Waals surface area contributed by atoms with Crippen LogP contribution in [0.5, 0.6) is 0 Å². The van der Waals surface area contributed by atoms with E-state index in [2.05, 4.69) is 21.7 Å². The normalized spacial score (nSPS) is 37.2. The first-order chi connectivity index (χ1) is 7.72. The van der Waals surface area contributed by atoms with Gasteiger partial charge in [0.2, 0.25) is 0 Å². The summed E-state index contributed by atoms with van der Waals surface area (Å²) < 4.78 is 2.23. The zero-order valence-electron chi connectivity index (χ0n) is 10.1. The predicted octanol–water partition coefficient (Wildman–Crippen LogP) is 1.45. The molecule has 3 rings (SSSR count). The molecule has 4 heteroatoms. The zero-order valence-corrected chi connectivity index (χ0v) is 10.1. The molecule has 2 aliphatic carbocycles. The van der Waals surface area contributed by atoms with Crippen molar-refractivity contribution >= 4 is 0 Å². The van der Waals surface area contributed by atoms with Crippen molar-refractivity contribution in [3.8, 4) is 0 Å². The summed E-state index contributed by atoms with van der Waals surface area (Å²) in [4.78, 5) is 0.